The summed E-state index contributed by atoms with van der Waals surface area (Å²) >= 11 is 0. The van der Waals surface area contributed by atoms with Crippen molar-refractivity contribution in [2.75, 3.05) is 39.1 Å². The van der Waals surface area contributed by atoms with E-state index in [2.05, 4.69) is 51.5 Å². The van der Waals surface area contributed by atoms with E-state index in [0.29, 0.717) is 0 Å². The Morgan fingerprint density at radius 2 is 2.05 bits per heavy atom. The predicted octanol–water partition coefficient (Wildman–Crippen LogP) is 2.31. The van der Waals surface area contributed by atoms with E-state index in [1.807, 2.05) is 25.1 Å². The summed E-state index contributed by atoms with van der Waals surface area (Å²) in [7, 11) is 6.10. The minimum atomic E-state index is 0. The van der Waals surface area contributed by atoms with Gasteiger partial charge in [0.2, 0.25) is 0 Å². The minimum Gasteiger partial charge on any atom is -0.363 e. The molecule has 0 saturated carbocycles. The van der Waals surface area contributed by atoms with Gasteiger partial charge in [0.1, 0.15) is 5.82 Å². The number of guanidine groups is 1. The largest absolute Gasteiger partial charge is 0.363 e. The number of hydrogen-bond acceptors (Lipinski definition) is 5. The average Bonchev–Trinajstić information content (AvgIpc) is 2.89. The van der Waals surface area contributed by atoms with Crippen LogP contribution in [0, 0.1) is 0 Å². The number of nitrogens with zero attached hydrogens (tertiary/aromatic N) is 4. The van der Waals surface area contributed by atoms with Crippen LogP contribution in [-0.2, 0) is 6.54 Å². The number of aromatic nitrogens is 1. The third-order valence-electron chi connectivity index (χ3n) is 3.74. The summed E-state index contributed by atoms with van der Waals surface area (Å²) in [6.07, 6.45) is 0. The second-order valence-electron chi connectivity index (χ2n) is 5.53. The number of nitrogens with one attached hydrogen (secondary N) is 1. The zero-order valence-electron chi connectivity index (χ0n) is 13.2. The van der Waals surface area contributed by atoms with Gasteiger partial charge >= 0.3 is 0 Å². The van der Waals surface area contributed by atoms with Crippen LogP contribution in [-0.4, -0.2) is 50.1 Å². The van der Waals surface area contributed by atoms with Crippen molar-refractivity contribution >= 4 is 46.7 Å². The topological polar surface area (TPSA) is 43.8 Å². The Balaban J connectivity index is 0.00000176. The molecule has 0 atom stereocenters. The molecule has 0 amide bonds. The van der Waals surface area contributed by atoms with Crippen LogP contribution in [0.2, 0.25) is 0 Å². The molecule has 3 rings (SSSR count). The lowest BCUT2D eigenvalue weighted by Gasteiger charge is -2.18. The van der Waals surface area contributed by atoms with Crippen LogP contribution in [0.5, 0.6) is 0 Å². The van der Waals surface area contributed by atoms with E-state index in [4.69, 9.17) is 0 Å². The minimum absolute atomic E-state index is 0. The quantitative estimate of drug-likeness (QED) is 0.788. The van der Waals surface area contributed by atoms with E-state index in [1.54, 1.807) is 0 Å². The zero-order chi connectivity index (χ0) is 14.8. The molecule has 0 bridgehead atoms. The van der Waals surface area contributed by atoms with Gasteiger partial charge < -0.3 is 15.1 Å². The molecule has 0 fully saturated rings. The van der Waals surface area contributed by atoms with E-state index < -0.39 is 0 Å². The van der Waals surface area contributed by atoms with Crippen LogP contribution < -0.4 is 10.2 Å². The third-order valence-corrected chi connectivity index (χ3v) is 3.74. The first-order chi connectivity index (χ1) is 10.1. The number of likely N-dealkylation sites (N-methyl/N-ethyl adjacent to an activating group) is 1. The Labute approximate surface area is 148 Å². The highest BCUT2D eigenvalue weighted by atomic mass is 127. The monoisotopic (exact) mass is 411 g/mol. The van der Waals surface area contributed by atoms with Gasteiger partial charge in [-0.15, -0.1) is 24.0 Å². The molecule has 5 nitrogen and oxygen atoms in total. The second-order valence-corrected chi connectivity index (χ2v) is 5.53. The summed E-state index contributed by atoms with van der Waals surface area (Å²) in [5, 5.41) is 4.63. The maximum absolute atomic E-state index is 4.69. The van der Waals surface area contributed by atoms with E-state index in [1.165, 1.54) is 10.9 Å². The van der Waals surface area contributed by atoms with Gasteiger partial charge in [-0.05, 0) is 17.7 Å². The number of fused-ring (bicyclic) bond motifs is 1. The molecule has 0 unspecified atom stereocenters. The molecular formula is C16H22IN5. The molecule has 0 radical (unpaired) electrons. The smallest absolute Gasteiger partial charge is 0.194 e. The van der Waals surface area contributed by atoms with Gasteiger partial charge in [0.15, 0.2) is 5.96 Å². The Kier molecular flexibility index (Phi) is 5.44. The summed E-state index contributed by atoms with van der Waals surface area (Å²) in [6.45, 7) is 2.62. The fourth-order valence-corrected chi connectivity index (χ4v) is 2.50. The van der Waals surface area contributed by atoms with E-state index in [-0.39, 0.29) is 24.0 Å². The fourth-order valence-electron chi connectivity index (χ4n) is 2.50. The molecule has 118 valence electrons. The van der Waals surface area contributed by atoms with Crippen LogP contribution in [0.1, 0.15) is 5.56 Å². The molecule has 1 aliphatic heterocycles. The highest BCUT2D eigenvalue weighted by Gasteiger charge is 2.13. The average molecular weight is 411 g/mol. The van der Waals surface area contributed by atoms with E-state index in [0.717, 1.165) is 36.9 Å². The van der Waals surface area contributed by atoms with Gasteiger partial charge in [0.25, 0.3) is 0 Å². The maximum atomic E-state index is 4.69. The standard InChI is InChI=1S/C16H21N5.HI/c1-20(2)15-10-12(11-18-16-17-8-9-21(16)3)13-6-4-5-7-14(13)19-15;/h4-7,10H,8-9,11H2,1-3H3,(H,17,18);1H. The molecule has 2 heterocycles. The Morgan fingerprint density at radius 1 is 1.27 bits per heavy atom. The van der Waals surface area contributed by atoms with Gasteiger partial charge in [-0.1, -0.05) is 18.2 Å². The number of pyridine rings is 1. The van der Waals surface area contributed by atoms with Crippen LogP contribution in [0.15, 0.2) is 35.3 Å². The van der Waals surface area contributed by atoms with Crippen LogP contribution in [0.3, 0.4) is 0 Å². The highest BCUT2D eigenvalue weighted by Crippen LogP contribution is 2.22. The van der Waals surface area contributed by atoms with Crippen LogP contribution in [0.25, 0.3) is 10.9 Å². The lowest BCUT2D eigenvalue weighted by molar-refractivity contribution is 0.534. The van der Waals surface area contributed by atoms with Crippen molar-refractivity contribution < 1.29 is 0 Å². The third kappa shape index (κ3) is 3.43. The summed E-state index contributed by atoms with van der Waals surface area (Å²) in [5.74, 6) is 1.95. The van der Waals surface area contributed by atoms with Crippen molar-refractivity contribution in [2.24, 2.45) is 4.99 Å². The second kappa shape index (κ2) is 7.13. The first-order valence-corrected chi connectivity index (χ1v) is 7.20. The fraction of sp³-hybridized carbons (Fsp3) is 0.375. The van der Waals surface area contributed by atoms with E-state index >= 15 is 0 Å². The van der Waals surface area contributed by atoms with Gasteiger partial charge in [-0.25, -0.2) is 4.98 Å². The molecule has 1 aromatic heterocycles. The lowest BCUT2D eigenvalue weighted by atomic mass is 10.1. The zero-order valence-corrected chi connectivity index (χ0v) is 15.5. The number of halogens is 1. The van der Waals surface area contributed by atoms with Crippen LogP contribution in [0.4, 0.5) is 5.82 Å². The number of anilines is 1. The normalized spacial score (nSPS) is 13.8. The first kappa shape index (κ1) is 16.8. The van der Waals surface area contributed by atoms with Crippen LogP contribution >= 0.6 is 24.0 Å². The number of para-hydroxylation sites is 1. The predicted molar refractivity (Wildman–Crippen MR) is 103 cm³/mol. The van der Waals surface area contributed by atoms with Crippen molar-refractivity contribution in [1.29, 1.82) is 0 Å². The number of benzene rings is 1. The number of aliphatic imine (C=N–C) groups is 1. The van der Waals surface area contributed by atoms with Crippen molar-refractivity contribution in [3.63, 3.8) is 0 Å². The van der Waals surface area contributed by atoms with Gasteiger partial charge in [-0.3, -0.25) is 4.99 Å². The Bertz CT molecular complexity index is 683. The highest BCUT2D eigenvalue weighted by molar-refractivity contribution is 14.0. The molecule has 1 N–H and O–H groups in total. The molecule has 2 aromatic rings. The molecule has 0 saturated heterocycles. The Morgan fingerprint density at radius 3 is 2.73 bits per heavy atom. The summed E-state index contributed by atoms with van der Waals surface area (Å²) in [6, 6.07) is 10.4. The van der Waals surface area contributed by atoms with E-state index in [9.17, 15) is 0 Å². The van der Waals surface area contributed by atoms with Crippen molar-refractivity contribution in [3.8, 4) is 0 Å². The maximum Gasteiger partial charge on any atom is 0.194 e. The molecule has 6 heteroatoms. The Hall–Kier alpha value is -1.57. The van der Waals surface area contributed by atoms with Gasteiger partial charge in [0, 0.05) is 39.6 Å². The van der Waals surface area contributed by atoms with Gasteiger partial charge in [0.05, 0.1) is 12.1 Å². The summed E-state index contributed by atoms with van der Waals surface area (Å²) in [4.78, 5) is 13.3. The van der Waals surface area contributed by atoms with Gasteiger partial charge in [-0.2, -0.15) is 0 Å². The molecule has 1 aliphatic rings. The number of rotatable bonds is 3. The summed E-state index contributed by atoms with van der Waals surface area (Å²) < 4.78 is 0. The van der Waals surface area contributed by atoms with Crippen molar-refractivity contribution in [3.05, 3.63) is 35.9 Å². The van der Waals surface area contributed by atoms with Crippen molar-refractivity contribution in [1.82, 2.24) is 15.2 Å². The molecule has 0 aliphatic carbocycles. The molecule has 1 aromatic carbocycles. The molecular weight excluding hydrogens is 389 g/mol. The molecule has 22 heavy (non-hydrogen) atoms. The lowest BCUT2D eigenvalue weighted by Crippen LogP contribution is -2.35. The first-order valence-electron chi connectivity index (χ1n) is 7.20. The summed E-state index contributed by atoms with van der Waals surface area (Å²) in [5.41, 5.74) is 2.27. The SMILES string of the molecule is CN1CCN=C1NCc1cc(N(C)C)nc2ccccc12.I. The van der Waals surface area contributed by atoms with Crippen molar-refractivity contribution in [2.45, 2.75) is 6.54 Å². The molecule has 0 spiro atoms. The number of hydrogen-bond donors (Lipinski definition) is 1.